The quantitative estimate of drug-likeness (QED) is 0.356. The molecule has 5 rings (SSSR count). The van der Waals surface area contributed by atoms with Crippen LogP contribution in [0.4, 0.5) is 5.82 Å². The van der Waals surface area contributed by atoms with Gasteiger partial charge in [-0.3, -0.25) is 9.59 Å². The molecule has 1 amide bonds. The van der Waals surface area contributed by atoms with E-state index in [0.29, 0.717) is 54.0 Å². The van der Waals surface area contributed by atoms with E-state index in [-0.39, 0.29) is 12.7 Å². The second kappa shape index (κ2) is 11.6. The number of hydrogen-bond acceptors (Lipinski definition) is 11. The van der Waals surface area contributed by atoms with E-state index in [9.17, 15) is 9.59 Å². The van der Waals surface area contributed by atoms with Crippen molar-refractivity contribution in [1.29, 1.82) is 0 Å². The van der Waals surface area contributed by atoms with E-state index >= 15 is 0 Å². The number of anilines is 1. The number of ether oxygens (including phenoxy) is 3. The van der Waals surface area contributed by atoms with Gasteiger partial charge in [-0.15, -0.1) is 0 Å². The molecule has 1 aromatic carbocycles. The Hall–Kier alpha value is -3.10. The Balaban J connectivity index is 1.26. The van der Waals surface area contributed by atoms with E-state index in [1.54, 1.807) is 11.8 Å². The molecule has 1 fully saturated rings. The first-order chi connectivity index (χ1) is 18.7. The summed E-state index contributed by atoms with van der Waals surface area (Å²) in [6, 6.07) is 3.05. The van der Waals surface area contributed by atoms with Crippen LogP contribution < -0.4 is 20.9 Å². The van der Waals surface area contributed by atoms with Crippen LogP contribution in [0.2, 0.25) is 0 Å². The van der Waals surface area contributed by atoms with Gasteiger partial charge >= 0.3 is 5.97 Å². The minimum Gasteiger partial charge on any atom is -0.454 e. The van der Waals surface area contributed by atoms with Crippen molar-refractivity contribution in [2.75, 3.05) is 25.6 Å². The molecule has 0 radical (unpaired) electrons. The maximum atomic E-state index is 12.7. The first kappa shape index (κ1) is 27.5. The Morgan fingerprint density at radius 1 is 1.21 bits per heavy atom. The van der Waals surface area contributed by atoms with Crippen LogP contribution >= 0.6 is 27.7 Å². The highest BCUT2D eigenvalue weighted by atomic mass is 79.9. The molecule has 0 spiro atoms. The molecule has 2 aromatic heterocycles. The lowest BCUT2D eigenvalue weighted by Gasteiger charge is -2.33. The number of nitrogens with two attached hydrogens (primary N) is 2. The number of aryl methyl sites for hydroxylation is 1. The van der Waals surface area contributed by atoms with Gasteiger partial charge in [0, 0.05) is 29.0 Å². The van der Waals surface area contributed by atoms with Crippen LogP contribution in [0, 0.1) is 5.92 Å². The SMILES string of the molecule is C[C@H](N)C(=O)O[C@@H](C)C(=O)N1CCC(CCn2c(Sc3cc4c(cc3Br)OCO4)nc3c(N)ncnc32)CC1. The van der Waals surface area contributed by atoms with E-state index in [2.05, 4.69) is 30.5 Å². The number of imidazole rings is 1. The van der Waals surface area contributed by atoms with Crippen molar-refractivity contribution in [2.24, 2.45) is 11.7 Å². The molecule has 0 unspecified atom stereocenters. The summed E-state index contributed by atoms with van der Waals surface area (Å²) in [6.45, 7) is 5.21. The molecule has 2 aliphatic rings. The lowest BCUT2D eigenvalue weighted by atomic mass is 9.93. The van der Waals surface area contributed by atoms with Gasteiger partial charge in [0.15, 0.2) is 39.7 Å². The third-order valence-corrected chi connectivity index (χ3v) is 8.82. The minimum atomic E-state index is -0.849. The molecule has 0 bridgehead atoms. The molecule has 0 aliphatic carbocycles. The summed E-state index contributed by atoms with van der Waals surface area (Å²) >= 11 is 5.11. The summed E-state index contributed by atoms with van der Waals surface area (Å²) in [4.78, 5) is 40.5. The zero-order valence-corrected chi connectivity index (χ0v) is 24.0. The first-order valence-electron chi connectivity index (χ1n) is 12.7. The van der Waals surface area contributed by atoms with E-state index in [1.807, 2.05) is 12.1 Å². The van der Waals surface area contributed by atoms with Crippen LogP contribution in [-0.2, 0) is 20.9 Å². The molecule has 4 N–H and O–H groups in total. The molecule has 14 heteroatoms. The number of rotatable bonds is 8. The Morgan fingerprint density at radius 2 is 1.92 bits per heavy atom. The fourth-order valence-electron chi connectivity index (χ4n) is 4.63. The molecular formula is C25H30BrN7O5S. The number of benzene rings is 1. The third kappa shape index (κ3) is 5.92. The Kier molecular flexibility index (Phi) is 8.14. The summed E-state index contributed by atoms with van der Waals surface area (Å²) in [5, 5.41) is 0.745. The largest absolute Gasteiger partial charge is 0.454 e. The number of amides is 1. The molecule has 3 aromatic rings. The van der Waals surface area contributed by atoms with E-state index in [4.69, 9.17) is 30.7 Å². The number of piperidine rings is 1. The molecule has 2 aliphatic heterocycles. The van der Waals surface area contributed by atoms with Crippen molar-refractivity contribution in [3.05, 3.63) is 22.9 Å². The van der Waals surface area contributed by atoms with Crippen molar-refractivity contribution in [2.45, 2.75) is 61.9 Å². The van der Waals surface area contributed by atoms with Crippen LogP contribution in [0.3, 0.4) is 0 Å². The predicted octanol–water partition coefficient (Wildman–Crippen LogP) is 2.96. The van der Waals surface area contributed by atoms with Gasteiger partial charge in [-0.2, -0.15) is 0 Å². The molecule has 12 nitrogen and oxygen atoms in total. The van der Waals surface area contributed by atoms with Crippen LogP contribution in [0.15, 0.2) is 33.0 Å². The third-order valence-electron chi connectivity index (χ3n) is 6.85. The highest BCUT2D eigenvalue weighted by molar-refractivity contribution is 9.10. The fraction of sp³-hybridized carbons (Fsp3) is 0.480. The number of aromatic nitrogens is 4. The lowest BCUT2D eigenvalue weighted by Crippen LogP contribution is -2.45. The zero-order valence-electron chi connectivity index (χ0n) is 21.6. The van der Waals surface area contributed by atoms with E-state index < -0.39 is 18.1 Å². The topological polar surface area (TPSA) is 161 Å². The van der Waals surface area contributed by atoms with Gasteiger partial charge in [0.1, 0.15) is 12.4 Å². The summed E-state index contributed by atoms with van der Waals surface area (Å²) in [5.41, 5.74) is 12.9. The number of nitrogen functional groups attached to an aromatic ring is 1. The average molecular weight is 621 g/mol. The van der Waals surface area contributed by atoms with Crippen LogP contribution in [0.25, 0.3) is 11.2 Å². The number of likely N-dealkylation sites (tertiary alicyclic amines) is 1. The Labute approximate surface area is 237 Å². The van der Waals surface area contributed by atoms with Gasteiger partial charge < -0.3 is 35.1 Å². The maximum absolute atomic E-state index is 12.7. The minimum absolute atomic E-state index is 0.191. The summed E-state index contributed by atoms with van der Waals surface area (Å²) in [7, 11) is 0. The number of carbonyl (C=O) groups is 2. The van der Waals surface area contributed by atoms with Crippen LogP contribution in [0.5, 0.6) is 11.5 Å². The molecule has 208 valence electrons. The van der Waals surface area contributed by atoms with Crippen LogP contribution in [0.1, 0.15) is 33.1 Å². The summed E-state index contributed by atoms with van der Waals surface area (Å²) in [6.07, 6.45) is 3.17. The number of carbonyl (C=O) groups excluding carboxylic acids is 2. The van der Waals surface area contributed by atoms with Gasteiger partial charge in [-0.05, 0) is 67.1 Å². The highest BCUT2D eigenvalue weighted by Gasteiger charge is 2.29. The molecule has 1 saturated heterocycles. The molecule has 0 saturated carbocycles. The second-order valence-electron chi connectivity index (χ2n) is 9.64. The monoisotopic (exact) mass is 619 g/mol. The van der Waals surface area contributed by atoms with Gasteiger partial charge in [-0.25, -0.2) is 15.0 Å². The van der Waals surface area contributed by atoms with Gasteiger partial charge in [0.05, 0.1) is 0 Å². The van der Waals surface area contributed by atoms with Crippen molar-refractivity contribution in [1.82, 2.24) is 24.4 Å². The standard InChI is InChI=1S/C25H30BrN7O5S/c1-13(27)24(35)38-14(2)23(34)32-6-3-15(4-7-32)5-8-33-22-20(21(28)29-11-30-22)31-25(33)39-19-10-18-17(9-16(19)26)36-12-37-18/h9-11,13-15H,3-8,12,27H2,1-2H3,(H2,28,29,30)/t13-,14-/m0/s1. The van der Waals surface area contributed by atoms with Crippen LogP contribution in [-0.4, -0.2) is 68.3 Å². The lowest BCUT2D eigenvalue weighted by molar-refractivity contribution is -0.160. The second-order valence-corrected chi connectivity index (χ2v) is 11.5. The number of halogens is 1. The smallest absolute Gasteiger partial charge is 0.323 e. The highest BCUT2D eigenvalue weighted by Crippen LogP contribution is 2.43. The summed E-state index contributed by atoms with van der Waals surface area (Å²) < 4.78 is 19.1. The van der Waals surface area contributed by atoms with Crippen molar-refractivity contribution in [3.63, 3.8) is 0 Å². The maximum Gasteiger partial charge on any atom is 0.323 e. The number of hydrogen-bond donors (Lipinski definition) is 2. The Bertz CT molecular complexity index is 1390. The fourth-order valence-corrected chi connectivity index (χ4v) is 6.14. The summed E-state index contributed by atoms with van der Waals surface area (Å²) in [5.74, 6) is 1.35. The molecular weight excluding hydrogens is 590 g/mol. The average Bonchev–Trinajstić information content (AvgIpc) is 3.51. The molecule has 4 heterocycles. The van der Waals surface area contributed by atoms with Crippen molar-refractivity contribution < 1.29 is 23.8 Å². The first-order valence-corrected chi connectivity index (χ1v) is 14.3. The van der Waals surface area contributed by atoms with E-state index in [1.165, 1.54) is 25.0 Å². The Morgan fingerprint density at radius 3 is 2.64 bits per heavy atom. The van der Waals surface area contributed by atoms with Gasteiger partial charge in [0.2, 0.25) is 6.79 Å². The van der Waals surface area contributed by atoms with Gasteiger partial charge in [0.25, 0.3) is 5.91 Å². The van der Waals surface area contributed by atoms with Crippen molar-refractivity contribution in [3.8, 4) is 11.5 Å². The molecule has 2 atom stereocenters. The van der Waals surface area contributed by atoms with Crippen molar-refractivity contribution >= 4 is 56.6 Å². The predicted molar refractivity (Wildman–Crippen MR) is 147 cm³/mol. The number of fused-ring (bicyclic) bond motifs is 2. The number of esters is 1. The zero-order chi connectivity index (χ0) is 27.7. The molecule has 39 heavy (non-hydrogen) atoms. The normalized spacial score (nSPS) is 16.9. The van der Waals surface area contributed by atoms with Gasteiger partial charge in [-0.1, -0.05) is 11.8 Å². The number of nitrogens with zero attached hydrogens (tertiary/aromatic N) is 5. The van der Waals surface area contributed by atoms with E-state index in [0.717, 1.165) is 33.8 Å².